The van der Waals surface area contributed by atoms with Crippen LogP contribution in [0.15, 0.2) is 55.4 Å². The number of benzene rings is 2. The number of hydrogen-bond acceptors (Lipinski definition) is 5. The summed E-state index contributed by atoms with van der Waals surface area (Å²) in [6.07, 6.45) is 18.0. The summed E-state index contributed by atoms with van der Waals surface area (Å²) < 4.78 is 11.8. The topological polar surface area (TPSA) is 61.3 Å². The van der Waals surface area contributed by atoms with Crippen LogP contribution < -0.4 is 4.74 Å². The van der Waals surface area contributed by atoms with Crippen LogP contribution in [0.5, 0.6) is 5.75 Å². The number of aromatic nitrogens is 2. The van der Waals surface area contributed by atoms with Gasteiger partial charge in [-0.3, -0.25) is 0 Å². The van der Waals surface area contributed by atoms with Crippen LogP contribution in [0.4, 0.5) is 0 Å². The lowest BCUT2D eigenvalue weighted by Gasteiger charge is -2.22. The van der Waals surface area contributed by atoms with Gasteiger partial charge in [0.2, 0.25) is 0 Å². The fourth-order valence-corrected chi connectivity index (χ4v) is 5.62. The molecule has 0 aliphatic heterocycles. The second kappa shape index (κ2) is 14.4. The lowest BCUT2D eigenvalue weighted by Crippen LogP contribution is -2.24. The van der Waals surface area contributed by atoms with Crippen molar-refractivity contribution in [2.24, 2.45) is 0 Å². The highest BCUT2D eigenvalue weighted by Crippen LogP contribution is 2.39. The number of rotatable bonds is 14. The molecular weight excluding hydrogens is 496 g/mol. The zero-order chi connectivity index (χ0) is 28.4. The Labute approximate surface area is 240 Å². The molecule has 0 unspecified atom stereocenters. The van der Waals surface area contributed by atoms with Gasteiger partial charge in [-0.25, -0.2) is 14.8 Å². The second-order valence-electron chi connectivity index (χ2n) is 12.1. The summed E-state index contributed by atoms with van der Waals surface area (Å²) in [6, 6.07) is 12.1. The number of fused-ring (bicyclic) bond motifs is 1. The van der Waals surface area contributed by atoms with E-state index in [4.69, 9.17) is 9.47 Å². The highest BCUT2D eigenvalue weighted by Gasteiger charge is 2.26. The summed E-state index contributed by atoms with van der Waals surface area (Å²) in [4.78, 5) is 22.3. The lowest BCUT2D eigenvalue weighted by molar-refractivity contribution is 0.00678. The van der Waals surface area contributed by atoms with Crippen LogP contribution in [0.25, 0.3) is 22.2 Å². The molecular formula is C35H46N2O3. The predicted octanol–water partition coefficient (Wildman–Crippen LogP) is 9.60. The van der Waals surface area contributed by atoms with Crippen molar-refractivity contribution in [3.63, 3.8) is 0 Å². The Bertz CT molecular complexity index is 1270. The maximum atomic E-state index is 13.1. The average Bonchev–Trinajstić information content (AvgIpc) is 3.47. The molecule has 3 aromatic rings. The van der Waals surface area contributed by atoms with E-state index in [1.807, 2.05) is 51.1 Å². The van der Waals surface area contributed by atoms with Crippen LogP contribution in [-0.2, 0) is 4.74 Å². The van der Waals surface area contributed by atoms with Gasteiger partial charge in [0.15, 0.2) is 0 Å². The molecule has 1 aliphatic carbocycles. The lowest BCUT2D eigenvalue weighted by atomic mass is 9.90. The highest BCUT2D eigenvalue weighted by molar-refractivity contribution is 5.95. The van der Waals surface area contributed by atoms with Gasteiger partial charge in [-0.2, -0.15) is 0 Å². The Morgan fingerprint density at radius 2 is 1.68 bits per heavy atom. The summed E-state index contributed by atoms with van der Waals surface area (Å²) in [5, 5.41) is 0.980. The van der Waals surface area contributed by atoms with Crippen molar-refractivity contribution in [3.8, 4) is 17.0 Å². The van der Waals surface area contributed by atoms with Crippen molar-refractivity contribution in [2.45, 2.75) is 109 Å². The first-order valence-electron chi connectivity index (χ1n) is 15.2. The van der Waals surface area contributed by atoms with E-state index in [-0.39, 0.29) is 5.97 Å². The first-order valence-corrected chi connectivity index (χ1v) is 15.2. The van der Waals surface area contributed by atoms with Gasteiger partial charge in [0.05, 0.1) is 23.4 Å². The van der Waals surface area contributed by atoms with Gasteiger partial charge >= 0.3 is 5.97 Å². The molecule has 0 amide bonds. The van der Waals surface area contributed by atoms with Gasteiger partial charge in [-0.15, -0.1) is 6.58 Å². The zero-order valence-corrected chi connectivity index (χ0v) is 24.7. The van der Waals surface area contributed by atoms with Crippen molar-refractivity contribution in [3.05, 3.63) is 66.5 Å². The molecule has 1 aromatic heterocycles. The Hall–Kier alpha value is -3.21. The molecule has 2 aromatic carbocycles. The van der Waals surface area contributed by atoms with E-state index in [2.05, 4.69) is 28.7 Å². The third-order valence-electron chi connectivity index (χ3n) is 7.67. The smallest absolute Gasteiger partial charge is 0.338 e. The summed E-state index contributed by atoms with van der Waals surface area (Å²) in [6.45, 7) is 10.2. The van der Waals surface area contributed by atoms with Gasteiger partial charge in [0, 0.05) is 17.0 Å². The van der Waals surface area contributed by atoms with E-state index in [1.54, 1.807) is 6.33 Å². The van der Waals surface area contributed by atoms with E-state index in [9.17, 15) is 4.79 Å². The van der Waals surface area contributed by atoms with Crippen LogP contribution in [0, 0.1) is 0 Å². The number of esters is 1. The standard InChI is InChI=1S/C35H46N2O3/c1-5-6-7-8-9-10-11-12-15-22-39-28-19-21-30-32(24-28)36-25-37-33(30)27-18-20-29(34(38)40-35(2,3)4)31(23-27)26-16-13-14-17-26/h5,18-21,23-26H,1,6-17,22H2,2-4H3. The number of allylic oxidation sites excluding steroid dienone is 1. The summed E-state index contributed by atoms with van der Waals surface area (Å²) in [7, 11) is 0. The molecule has 0 saturated heterocycles. The minimum absolute atomic E-state index is 0.251. The molecule has 40 heavy (non-hydrogen) atoms. The van der Waals surface area contributed by atoms with Crippen LogP contribution in [-0.4, -0.2) is 28.1 Å². The molecule has 0 N–H and O–H groups in total. The van der Waals surface area contributed by atoms with E-state index >= 15 is 0 Å². The fraction of sp³-hybridized carbons (Fsp3) is 0.514. The monoisotopic (exact) mass is 542 g/mol. The van der Waals surface area contributed by atoms with E-state index in [0.717, 1.165) is 65.8 Å². The van der Waals surface area contributed by atoms with Crippen LogP contribution in [0.2, 0.25) is 0 Å². The summed E-state index contributed by atoms with van der Waals surface area (Å²) in [5.41, 5.74) is 3.95. The van der Waals surface area contributed by atoms with E-state index < -0.39 is 5.60 Å². The predicted molar refractivity (Wildman–Crippen MR) is 164 cm³/mol. The molecule has 0 radical (unpaired) electrons. The molecule has 1 fully saturated rings. The van der Waals surface area contributed by atoms with Gasteiger partial charge in [0.1, 0.15) is 17.7 Å². The number of carbonyl (C=O) groups excluding carboxylic acids is 1. The van der Waals surface area contributed by atoms with Gasteiger partial charge in [-0.05, 0) is 88.6 Å². The van der Waals surface area contributed by atoms with Crippen LogP contribution >= 0.6 is 0 Å². The summed E-state index contributed by atoms with van der Waals surface area (Å²) >= 11 is 0. The summed E-state index contributed by atoms with van der Waals surface area (Å²) in [5.74, 6) is 0.958. The number of ether oxygens (including phenoxy) is 2. The Kier molecular flexibility index (Phi) is 10.7. The minimum atomic E-state index is -0.531. The fourth-order valence-electron chi connectivity index (χ4n) is 5.62. The van der Waals surface area contributed by atoms with Crippen LogP contribution in [0.3, 0.4) is 0 Å². The molecule has 1 saturated carbocycles. The van der Waals surface area contributed by atoms with Crippen molar-refractivity contribution in [2.75, 3.05) is 6.61 Å². The second-order valence-corrected chi connectivity index (χ2v) is 12.1. The number of unbranched alkanes of at least 4 members (excludes halogenated alkanes) is 7. The van der Waals surface area contributed by atoms with Crippen molar-refractivity contribution < 1.29 is 14.3 Å². The zero-order valence-electron chi connectivity index (χ0n) is 24.7. The van der Waals surface area contributed by atoms with Gasteiger partial charge < -0.3 is 9.47 Å². The Morgan fingerprint density at radius 3 is 2.40 bits per heavy atom. The quantitative estimate of drug-likeness (QED) is 0.115. The molecule has 0 bridgehead atoms. The molecule has 1 aliphatic rings. The molecule has 4 rings (SSSR count). The number of nitrogens with zero attached hydrogens (tertiary/aromatic N) is 2. The average molecular weight is 543 g/mol. The number of carbonyl (C=O) groups is 1. The molecule has 5 heteroatoms. The van der Waals surface area contributed by atoms with Gasteiger partial charge in [0.25, 0.3) is 0 Å². The third-order valence-corrected chi connectivity index (χ3v) is 7.67. The van der Waals surface area contributed by atoms with Crippen LogP contribution in [0.1, 0.15) is 120 Å². The van der Waals surface area contributed by atoms with Crippen molar-refractivity contribution in [1.29, 1.82) is 0 Å². The SMILES string of the molecule is C=CCCCCCCCCCOc1ccc2c(-c3ccc(C(=O)OC(C)(C)C)c(C4CCCC4)c3)ncnc2c1. The Balaban J connectivity index is 1.44. The molecule has 214 valence electrons. The molecule has 5 nitrogen and oxygen atoms in total. The molecule has 1 heterocycles. The molecule has 0 atom stereocenters. The molecule has 0 spiro atoms. The first-order chi connectivity index (χ1) is 19.4. The van der Waals surface area contributed by atoms with Crippen molar-refractivity contribution in [1.82, 2.24) is 9.97 Å². The van der Waals surface area contributed by atoms with E-state index in [0.29, 0.717) is 11.5 Å². The third kappa shape index (κ3) is 8.39. The van der Waals surface area contributed by atoms with E-state index in [1.165, 1.54) is 51.4 Å². The normalized spacial score (nSPS) is 14.0. The maximum Gasteiger partial charge on any atom is 0.338 e. The van der Waals surface area contributed by atoms with Gasteiger partial charge in [-0.1, -0.05) is 57.1 Å². The van der Waals surface area contributed by atoms with Crippen molar-refractivity contribution >= 4 is 16.9 Å². The maximum absolute atomic E-state index is 13.1. The minimum Gasteiger partial charge on any atom is -0.494 e. The first kappa shape index (κ1) is 29.8. The number of hydrogen-bond donors (Lipinski definition) is 0. The largest absolute Gasteiger partial charge is 0.494 e. The Morgan fingerprint density at radius 1 is 0.950 bits per heavy atom. The highest BCUT2D eigenvalue weighted by atomic mass is 16.6.